The van der Waals surface area contributed by atoms with Gasteiger partial charge in [0.15, 0.2) is 0 Å². The molecule has 0 unspecified atom stereocenters. The number of thioether (sulfide) groups is 1. The maximum absolute atomic E-state index is 11.0. The second-order valence-corrected chi connectivity index (χ2v) is 4.50. The highest BCUT2D eigenvalue weighted by Gasteiger charge is 2.04. The molecule has 6 heteroatoms. The fourth-order valence-electron chi connectivity index (χ4n) is 0.813. The Morgan fingerprint density at radius 3 is 2.93 bits per heavy atom. The first-order valence-electron chi connectivity index (χ1n) is 3.88. The lowest BCUT2D eigenvalue weighted by Gasteiger charge is -1.99. The minimum Gasteiger partial charge on any atom is -0.351 e. The molecule has 1 aromatic heterocycles. The van der Waals surface area contributed by atoms with Crippen LogP contribution < -0.4 is 11.1 Å². The molecule has 4 nitrogen and oxygen atoms in total. The molecule has 76 valence electrons. The summed E-state index contributed by atoms with van der Waals surface area (Å²) in [6.07, 6.45) is 0. The van der Waals surface area contributed by atoms with Gasteiger partial charge in [0.2, 0.25) is 5.91 Å². The van der Waals surface area contributed by atoms with Gasteiger partial charge in [-0.05, 0) is 11.4 Å². The second-order valence-electron chi connectivity index (χ2n) is 2.48. The highest BCUT2D eigenvalue weighted by molar-refractivity contribution is 7.99. The Morgan fingerprint density at radius 1 is 1.57 bits per heavy atom. The summed E-state index contributed by atoms with van der Waals surface area (Å²) in [5.74, 6) is 0.684. The van der Waals surface area contributed by atoms with Gasteiger partial charge in [-0.3, -0.25) is 10.1 Å². The fraction of sp³-hybridized carbons (Fsp3) is 0.250. The third-order valence-electron chi connectivity index (χ3n) is 1.32. The number of hydrogen-bond donors (Lipinski definition) is 2. The highest BCUT2D eigenvalue weighted by Crippen LogP contribution is 2.16. The Bertz CT molecular complexity index is 311. The molecule has 0 saturated carbocycles. The van der Waals surface area contributed by atoms with Crippen LogP contribution in [0.5, 0.6) is 0 Å². The fourth-order valence-corrected chi connectivity index (χ4v) is 2.48. The minimum absolute atomic E-state index is 0.251. The van der Waals surface area contributed by atoms with Crippen molar-refractivity contribution in [3.63, 3.8) is 0 Å². The molecule has 0 bridgehead atoms. The number of nitrogens with two attached hydrogens (primary N) is 1. The molecule has 0 aliphatic heterocycles. The summed E-state index contributed by atoms with van der Waals surface area (Å²) < 4.78 is 0. The summed E-state index contributed by atoms with van der Waals surface area (Å²) in [5, 5.41) is 3.99. The third kappa shape index (κ3) is 4.29. The van der Waals surface area contributed by atoms with Crippen LogP contribution in [0.4, 0.5) is 4.79 Å². The van der Waals surface area contributed by atoms with Gasteiger partial charge in [-0.15, -0.1) is 23.1 Å². The molecule has 0 aliphatic rings. The first kappa shape index (κ1) is 11.1. The van der Waals surface area contributed by atoms with E-state index in [1.807, 2.05) is 22.8 Å². The molecule has 0 aliphatic carbocycles. The van der Waals surface area contributed by atoms with E-state index in [2.05, 4.69) is 0 Å². The van der Waals surface area contributed by atoms with E-state index in [4.69, 9.17) is 5.73 Å². The Hall–Kier alpha value is -1.01. The summed E-state index contributed by atoms with van der Waals surface area (Å²) in [4.78, 5) is 22.4. The van der Waals surface area contributed by atoms with Gasteiger partial charge in [-0.2, -0.15) is 0 Å². The van der Waals surface area contributed by atoms with Crippen molar-refractivity contribution < 1.29 is 9.59 Å². The SMILES string of the molecule is NC(=O)NC(=O)CSCc1cccs1. The molecule has 1 rings (SSSR count). The lowest BCUT2D eigenvalue weighted by atomic mass is 10.5. The van der Waals surface area contributed by atoms with Crippen LogP contribution in [0.3, 0.4) is 0 Å². The number of carbonyl (C=O) groups is 2. The number of primary amides is 1. The maximum atomic E-state index is 11.0. The van der Waals surface area contributed by atoms with Crippen molar-refractivity contribution in [2.75, 3.05) is 5.75 Å². The molecule has 0 fully saturated rings. The molecule has 0 radical (unpaired) electrons. The topological polar surface area (TPSA) is 72.2 Å². The van der Waals surface area contributed by atoms with E-state index in [0.717, 1.165) is 5.75 Å². The summed E-state index contributed by atoms with van der Waals surface area (Å²) in [5.41, 5.74) is 4.78. The lowest BCUT2D eigenvalue weighted by Crippen LogP contribution is -2.36. The van der Waals surface area contributed by atoms with Crippen molar-refractivity contribution in [1.29, 1.82) is 0 Å². The molecule has 0 spiro atoms. The zero-order valence-corrected chi connectivity index (χ0v) is 8.99. The van der Waals surface area contributed by atoms with Crippen LogP contribution in [-0.4, -0.2) is 17.7 Å². The summed E-state index contributed by atoms with van der Waals surface area (Å²) in [6, 6.07) is 3.17. The largest absolute Gasteiger partial charge is 0.351 e. The lowest BCUT2D eigenvalue weighted by molar-refractivity contribution is -0.117. The van der Waals surface area contributed by atoms with Crippen LogP contribution in [0.25, 0.3) is 0 Å². The van der Waals surface area contributed by atoms with Crippen LogP contribution in [0.2, 0.25) is 0 Å². The number of carbonyl (C=O) groups excluding carboxylic acids is 2. The minimum atomic E-state index is -0.799. The van der Waals surface area contributed by atoms with Gasteiger partial charge in [0.1, 0.15) is 0 Å². The summed E-state index contributed by atoms with van der Waals surface area (Å²) >= 11 is 3.10. The van der Waals surface area contributed by atoms with E-state index in [9.17, 15) is 9.59 Å². The molecule has 14 heavy (non-hydrogen) atoms. The van der Waals surface area contributed by atoms with Crippen LogP contribution in [-0.2, 0) is 10.5 Å². The predicted octanol–water partition coefficient (Wildman–Crippen LogP) is 1.18. The number of nitrogens with one attached hydrogen (secondary N) is 1. The molecule has 1 heterocycles. The monoisotopic (exact) mass is 230 g/mol. The molecule has 1 aromatic rings. The first-order valence-corrected chi connectivity index (χ1v) is 5.91. The van der Waals surface area contributed by atoms with E-state index in [1.54, 1.807) is 11.3 Å². The van der Waals surface area contributed by atoms with Gasteiger partial charge in [0.25, 0.3) is 0 Å². The summed E-state index contributed by atoms with van der Waals surface area (Å²) in [7, 11) is 0. The van der Waals surface area contributed by atoms with Crippen molar-refractivity contribution in [2.45, 2.75) is 5.75 Å². The van der Waals surface area contributed by atoms with Crippen LogP contribution in [0.15, 0.2) is 17.5 Å². The van der Waals surface area contributed by atoms with Gasteiger partial charge in [0, 0.05) is 10.6 Å². The van der Waals surface area contributed by atoms with Gasteiger partial charge in [0.05, 0.1) is 5.75 Å². The molecule has 0 atom stereocenters. The Labute approximate surface area is 89.9 Å². The van der Waals surface area contributed by atoms with Gasteiger partial charge >= 0.3 is 6.03 Å². The average molecular weight is 230 g/mol. The maximum Gasteiger partial charge on any atom is 0.318 e. The van der Waals surface area contributed by atoms with E-state index in [0.29, 0.717) is 0 Å². The number of rotatable bonds is 4. The van der Waals surface area contributed by atoms with Crippen LogP contribution in [0, 0.1) is 0 Å². The zero-order chi connectivity index (χ0) is 10.4. The number of amides is 3. The normalized spacial score (nSPS) is 9.71. The molecular formula is C8H10N2O2S2. The Kier molecular flexibility index (Phi) is 4.48. The quantitative estimate of drug-likeness (QED) is 0.815. The molecule has 0 saturated heterocycles. The molecule has 3 amide bonds. The third-order valence-corrected chi connectivity index (χ3v) is 3.36. The van der Waals surface area contributed by atoms with Crippen molar-refractivity contribution in [2.24, 2.45) is 5.73 Å². The number of thiophene rings is 1. The van der Waals surface area contributed by atoms with Gasteiger partial charge in [-0.25, -0.2) is 4.79 Å². The van der Waals surface area contributed by atoms with Gasteiger partial charge in [-0.1, -0.05) is 6.07 Å². The second kappa shape index (κ2) is 5.66. The highest BCUT2D eigenvalue weighted by atomic mass is 32.2. The predicted molar refractivity (Wildman–Crippen MR) is 58.2 cm³/mol. The average Bonchev–Trinajstić information content (AvgIpc) is 2.55. The smallest absolute Gasteiger partial charge is 0.318 e. The van der Waals surface area contributed by atoms with E-state index in [1.165, 1.54) is 16.6 Å². The van der Waals surface area contributed by atoms with Crippen molar-refractivity contribution >= 4 is 35.0 Å². The van der Waals surface area contributed by atoms with E-state index >= 15 is 0 Å². The molecule has 0 aromatic carbocycles. The number of hydrogen-bond acceptors (Lipinski definition) is 4. The summed E-state index contributed by atoms with van der Waals surface area (Å²) in [6.45, 7) is 0. The standard InChI is InChI=1S/C8H10N2O2S2/c9-8(12)10-7(11)5-13-4-6-2-1-3-14-6/h1-3H,4-5H2,(H3,9,10,11,12). The van der Waals surface area contributed by atoms with E-state index < -0.39 is 6.03 Å². The van der Waals surface area contributed by atoms with Crippen molar-refractivity contribution in [3.8, 4) is 0 Å². The van der Waals surface area contributed by atoms with Crippen molar-refractivity contribution in [3.05, 3.63) is 22.4 Å². The molecule has 3 N–H and O–H groups in total. The zero-order valence-electron chi connectivity index (χ0n) is 7.36. The first-order chi connectivity index (χ1) is 6.68. The van der Waals surface area contributed by atoms with Crippen molar-refractivity contribution in [1.82, 2.24) is 5.32 Å². The molecular weight excluding hydrogens is 220 g/mol. The Balaban J connectivity index is 2.15. The Morgan fingerprint density at radius 2 is 2.36 bits per heavy atom. The number of urea groups is 1. The van der Waals surface area contributed by atoms with Crippen LogP contribution >= 0.6 is 23.1 Å². The van der Waals surface area contributed by atoms with Crippen LogP contribution in [0.1, 0.15) is 4.88 Å². The van der Waals surface area contributed by atoms with E-state index in [-0.39, 0.29) is 11.7 Å². The van der Waals surface area contributed by atoms with Gasteiger partial charge < -0.3 is 5.73 Å². The number of imide groups is 1.